The lowest BCUT2D eigenvalue weighted by Gasteiger charge is -2.28. The van der Waals surface area contributed by atoms with Crippen molar-refractivity contribution in [1.82, 2.24) is 9.80 Å². The molecule has 0 aromatic heterocycles. The Morgan fingerprint density at radius 3 is 2.18 bits per heavy atom. The molecule has 0 aliphatic carbocycles. The van der Waals surface area contributed by atoms with Crippen molar-refractivity contribution in [2.24, 2.45) is 0 Å². The number of hydrogen-bond donors (Lipinski definition) is 1. The van der Waals surface area contributed by atoms with E-state index in [2.05, 4.69) is 18.7 Å². The maximum Gasteiger partial charge on any atom is 0.295 e. The Kier molecular flexibility index (Phi) is 7.92. The summed E-state index contributed by atoms with van der Waals surface area (Å²) in [6, 6.07) is 14.1. The predicted octanol–water partition coefficient (Wildman–Crippen LogP) is 4.55. The normalized spacial score (nSPS) is 17.9. The van der Waals surface area contributed by atoms with Crippen molar-refractivity contribution in [3.63, 3.8) is 0 Å². The SMILES string of the molecule is CCN(CC)CCN1C(=O)C(=O)C(=C(O)c2ccc(OC(C)C)cc2)[C@H]1c1ccc(C)cc1. The summed E-state index contributed by atoms with van der Waals surface area (Å²) in [6.45, 7) is 12.8. The van der Waals surface area contributed by atoms with Gasteiger partial charge in [-0.2, -0.15) is 0 Å². The molecule has 0 bridgehead atoms. The maximum absolute atomic E-state index is 13.1. The van der Waals surface area contributed by atoms with Crippen molar-refractivity contribution in [3.8, 4) is 5.75 Å². The van der Waals surface area contributed by atoms with E-state index in [0.29, 0.717) is 24.4 Å². The van der Waals surface area contributed by atoms with Gasteiger partial charge in [-0.25, -0.2) is 0 Å². The zero-order chi connectivity index (χ0) is 24.1. The second kappa shape index (κ2) is 10.7. The second-order valence-corrected chi connectivity index (χ2v) is 8.62. The summed E-state index contributed by atoms with van der Waals surface area (Å²) in [5.74, 6) is -0.717. The molecule has 1 amide bonds. The zero-order valence-corrected chi connectivity index (χ0v) is 20.2. The number of Topliss-reactive ketones (excluding diaryl/α,β-unsaturated/α-hetero) is 1. The first-order chi connectivity index (χ1) is 15.8. The third-order valence-electron chi connectivity index (χ3n) is 5.98. The number of benzene rings is 2. The van der Waals surface area contributed by atoms with E-state index in [1.807, 2.05) is 45.0 Å². The second-order valence-electron chi connectivity index (χ2n) is 8.62. The van der Waals surface area contributed by atoms with Crippen molar-refractivity contribution < 1.29 is 19.4 Å². The van der Waals surface area contributed by atoms with Gasteiger partial charge in [0, 0.05) is 18.7 Å². The first-order valence-electron chi connectivity index (χ1n) is 11.6. The van der Waals surface area contributed by atoms with Crippen LogP contribution < -0.4 is 4.74 Å². The van der Waals surface area contributed by atoms with E-state index in [1.54, 1.807) is 29.2 Å². The fourth-order valence-corrected chi connectivity index (χ4v) is 4.11. The minimum atomic E-state index is -0.653. The largest absolute Gasteiger partial charge is 0.507 e. The molecule has 3 rings (SSSR count). The molecule has 0 radical (unpaired) electrons. The van der Waals surface area contributed by atoms with Gasteiger partial charge in [-0.1, -0.05) is 43.7 Å². The number of ether oxygens (including phenoxy) is 1. The smallest absolute Gasteiger partial charge is 0.295 e. The molecule has 1 heterocycles. The molecule has 0 saturated carbocycles. The van der Waals surface area contributed by atoms with Crippen LogP contribution in [-0.4, -0.2) is 58.9 Å². The van der Waals surface area contributed by atoms with Crippen molar-refractivity contribution in [3.05, 3.63) is 70.8 Å². The van der Waals surface area contributed by atoms with Crippen molar-refractivity contribution in [1.29, 1.82) is 0 Å². The molecular weight excluding hydrogens is 416 g/mol. The van der Waals surface area contributed by atoms with Crippen LogP contribution in [0, 0.1) is 6.92 Å². The number of nitrogens with zero attached hydrogens (tertiary/aromatic N) is 2. The fourth-order valence-electron chi connectivity index (χ4n) is 4.11. The fraction of sp³-hybridized carbons (Fsp3) is 0.407. The van der Waals surface area contributed by atoms with Crippen LogP contribution in [0.5, 0.6) is 5.75 Å². The molecule has 0 unspecified atom stereocenters. The van der Waals surface area contributed by atoms with Crippen LogP contribution in [0.3, 0.4) is 0 Å². The van der Waals surface area contributed by atoms with E-state index in [-0.39, 0.29) is 17.4 Å². The molecule has 1 N–H and O–H groups in total. The highest BCUT2D eigenvalue weighted by Gasteiger charge is 2.45. The Hall–Kier alpha value is -3.12. The van der Waals surface area contributed by atoms with Gasteiger partial charge in [0.05, 0.1) is 17.7 Å². The molecule has 6 nitrogen and oxygen atoms in total. The molecular formula is C27H34N2O4. The first-order valence-corrected chi connectivity index (χ1v) is 11.6. The van der Waals surface area contributed by atoms with Gasteiger partial charge in [0.25, 0.3) is 11.7 Å². The Morgan fingerprint density at radius 1 is 1.03 bits per heavy atom. The molecule has 2 aromatic carbocycles. The summed E-state index contributed by atoms with van der Waals surface area (Å²) in [6.07, 6.45) is 0.0297. The zero-order valence-electron chi connectivity index (χ0n) is 20.2. The average Bonchev–Trinajstić information content (AvgIpc) is 3.05. The quantitative estimate of drug-likeness (QED) is 0.345. The topological polar surface area (TPSA) is 70.1 Å². The van der Waals surface area contributed by atoms with Crippen LogP contribution in [0.1, 0.15) is 50.4 Å². The highest BCUT2D eigenvalue weighted by atomic mass is 16.5. The van der Waals surface area contributed by atoms with Gasteiger partial charge >= 0.3 is 0 Å². The summed E-state index contributed by atoms with van der Waals surface area (Å²) in [7, 11) is 0. The van der Waals surface area contributed by atoms with E-state index in [0.717, 1.165) is 24.2 Å². The van der Waals surface area contributed by atoms with Gasteiger partial charge in [0.2, 0.25) is 0 Å². The highest BCUT2D eigenvalue weighted by molar-refractivity contribution is 6.46. The number of carbonyl (C=O) groups excluding carboxylic acids is 2. The van der Waals surface area contributed by atoms with Gasteiger partial charge in [-0.05, 0) is 63.7 Å². The number of likely N-dealkylation sites (tertiary alicyclic amines) is 1. The minimum absolute atomic E-state index is 0.0297. The third-order valence-corrected chi connectivity index (χ3v) is 5.98. The first kappa shape index (κ1) is 24.5. The van der Waals surface area contributed by atoms with Crippen LogP contribution in [-0.2, 0) is 9.59 Å². The van der Waals surface area contributed by atoms with E-state index in [4.69, 9.17) is 4.74 Å². The number of aliphatic hydroxyl groups is 1. The number of ketones is 1. The van der Waals surface area contributed by atoms with E-state index >= 15 is 0 Å². The standard InChI is InChI=1S/C27H34N2O4/c1-6-28(7-2)16-17-29-24(20-10-8-19(5)9-11-20)23(26(31)27(29)32)25(30)21-12-14-22(15-13-21)33-18(3)4/h8-15,18,24,30H,6-7,16-17H2,1-5H3/t24-/m1/s1. The molecule has 1 aliphatic rings. The van der Waals surface area contributed by atoms with Gasteiger partial charge < -0.3 is 19.6 Å². The van der Waals surface area contributed by atoms with Crippen LogP contribution in [0.4, 0.5) is 0 Å². The summed E-state index contributed by atoms with van der Waals surface area (Å²) >= 11 is 0. The molecule has 6 heteroatoms. The lowest BCUT2D eigenvalue weighted by molar-refractivity contribution is -0.140. The molecule has 1 saturated heterocycles. The molecule has 1 fully saturated rings. The Bertz CT molecular complexity index is 1010. The van der Waals surface area contributed by atoms with Crippen LogP contribution in [0.15, 0.2) is 54.1 Å². The highest BCUT2D eigenvalue weighted by Crippen LogP contribution is 2.39. The lowest BCUT2D eigenvalue weighted by atomic mass is 9.94. The molecule has 33 heavy (non-hydrogen) atoms. The minimum Gasteiger partial charge on any atom is -0.507 e. The van der Waals surface area contributed by atoms with Crippen LogP contribution in [0.25, 0.3) is 5.76 Å². The Labute approximate surface area is 196 Å². The van der Waals surface area contributed by atoms with E-state index < -0.39 is 17.7 Å². The number of aryl methyl sites for hydroxylation is 1. The predicted molar refractivity (Wildman–Crippen MR) is 130 cm³/mol. The van der Waals surface area contributed by atoms with Crippen LogP contribution in [0.2, 0.25) is 0 Å². The number of likely N-dealkylation sites (N-methyl/N-ethyl adjacent to an activating group) is 1. The van der Waals surface area contributed by atoms with Crippen molar-refractivity contribution >= 4 is 17.4 Å². The Balaban J connectivity index is 2.04. The lowest BCUT2D eigenvalue weighted by Crippen LogP contribution is -2.38. The number of amides is 1. The number of carbonyl (C=O) groups is 2. The molecule has 1 atom stereocenters. The van der Waals surface area contributed by atoms with E-state index in [1.165, 1.54) is 0 Å². The van der Waals surface area contributed by atoms with Crippen LogP contribution >= 0.6 is 0 Å². The molecule has 0 spiro atoms. The number of hydrogen-bond acceptors (Lipinski definition) is 5. The summed E-state index contributed by atoms with van der Waals surface area (Å²) < 4.78 is 5.68. The monoisotopic (exact) mass is 450 g/mol. The Morgan fingerprint density at radius 2 is 1.64 bits per heavy atom. The maximum atomic E-state index is 13.1. The van der Waals surface area contributed by atoms with Crippen molar-refractivity contribution in [2.45, 2.75) is 46.8 Å². The third kappa shape index (κ3) is 5.45. The van der Waals surface area contributed by atoms with Gasteiger partial charge in [0.1, 0.15) is 11.5 Å². The number of aliphatic hydroxyl groups excluding tert-OH is 1. The van der Waals surface area contributed by atoms with Gasteiger partial charge in [-0.3, -0.25) is 9.59 Å². The average molecular weight is 451 g/mol. The summed E-state index contributed by atoms with van der Waals surface area (Å²) in [5, 5.41) is 11.2. The number of rotatable bonds is 9. The molecule has 1 aliphatic heterocycles. The summed E-state index contributed by atoms with van der Waals surface area (Å²) in [4.78, 5) is 30.0. The van der Waals surface area contributed by atoms with E-state index in [9.17, 15) is 14.7 Å². The van der Waals surface area contributed by atoms with Gasteiger partial charge in [0.15, 0.2) is 0 Å². The van der Waals surface area contributed by atoms with Gasteiger partial charge in [-0.15, -0.1) is 0 Å². The summed E-state index contributed by atoms with van der Waals surface area (Å²) in [5.41, 5.74) is 2.49. The molecule has 2 aromatic rings. The van der Waals surface area contributed by atoms with Crippen molar-refractivity contribution in [2.75, 3.05) is 26.2 Å². The molecule has 176 valence electrons.